The van der Waals surface area contributed by atoms with Crippen LogP contribution in [0.3, 0.4) is 0 Å². The van der Waals surface area contributed by atoms with Crippen LogP contribution < -0.4 is 0 Å². The summed E-state index contributed by atoms with van der Waals surface area (Å²) in [4.78, 5) is 15.5. The minimum Gasteiger partial charge on any atom is -0.381 e. The molecule has 3 rings (SSSR count). The van der Waals surface area contributed by atoms with E-state index in [-0.39, 0.29) is 11.5 Å². The predicted octanol–water partition coefficient (Wildman–Crippen LogP) is 2.39. The van der Waals surface area contributed by atoms with Gasteiger partial charge in [-0.25, -0.2) is 0 Å². The lowest BCUT2D eigenvalue weighted by Gasteiger charge is -2.40. The number of likely N-dealkylation sites (tertiary alicyclic amines) is 1. The lowest BCUT2D eigenvalue weighted by Crippen LogP contribution is -2.54. The van der Waals surface area contributed by atoms with Crippen LogP contribution in [0.1, 0.15) is 51.4 Å². The number of ether oxygens (including phenoxy) is 1. The van der Waals surface area contributed by atoms with E-state index in [2.05, 4.69) is 4.90 Å². The van der Waals surface area contributed by atoms with Gasteiger partial charge in [0.25, 0.3) is 0 Å². The average Bonchev–Trinajstić information content (AvgIpc) is 3.10. The van der Waals surface area contributed by atoms with Crippen LogP contribution in [0.5, 0.6) is 0 Å². The molecule has 0 aromatic heterocycles. The van der Waals surface area contributed by atoms with Crippen molar-refractivity contribution >= 4 is 5.78 Å². The normalized spacial score (nSPS) is 29.8. The van der Waals surface area contributed by atoms with E-state index in [1.54, 1.807) is 0 Å². The molecule has 0 unspecified atom stereocenters. The summed E-state index contributed by atoms with van der Waals surface area (Å²) in [5.41, 5.74) is -0.0709. The Bertz CT molecular complexity index is 298. The minimum absolute atomic E-state index is 0.0709. The highest BCUT2D eigenvalue weighted by molar-refractivity contribution is 5.91. The summed E-state index contributed by atoms with van der Waals surface area (Å²) in [6.45, 7) is 3.86. The summed E-state index contributed by atoms with van der Waals surface area (Å²) in [5, 5.41) is 0. The number of hydrogen-bond donors (Lipinski definition) is 0. The van der Waals surface area contributed by atoms with Gasteiger partial charge in [0.15, 0.2) is 5.78 Å². The van der Waals surface area contributed by atoms with Gasteiger partial charge in [-0.2, -0.15) is 0 Å². The molecule has 0 bridgehead atoms. The van der Waals surface area contributed by atoms with Crippen LogP contribution in [0.2, 0.25) is 0 Å². The van der Waals surface area contributed by atoms with E-state index in [0.29, 0.717) is 5.78 Å². The van der Waals surface area contributed by atoms with Crippen molar-refractivity contribution in [3.8, 4) is 0 Å². The molecule has 0 N–H and O–H groups in total. The maximum Gasteiger partial charge on any atom is 0.156 e. The second-order valence-electron chi connectivity index (χ2n) is 6.18. The monoisotopic (exact) mass is 251 g/mol. The van der Waals surface area contributed by atoms with Crippen LogP contribution in [0.25, 0.3) is 0 Å². The molecule has 0 atom stereocenters. The van der Waals surface area contributed by atoms with Gasteiger partial charge in [0.2, 0.25) is 0 Å². The fraction of sp³-hybridized carbons (Fsp3) is 0.933. The first-order valence-corrected chi connectivity index (χ1v) is 7.70. The summed E-state index contributed by atoms with van der Waals surface area (Å²) in [7, 11) is 0. The zero-order chi connectivity index (χ0) is 12.4. The van der Waals surface area contributed by atoms with E-state index in [9.17, 15) is 4.79 Å². The van der Waals surface area contributed by atoms with Gasteiger partial charge in [0.05, 0.1) is 5.54 Å². The molecule has 18 heavy (non-hydrogen) atoms. The Hall–Kier alpha value is -0.410. The smallest absolute Gasteiger partial charge is 0.156 e. The first-order chi connectivity index (χ1) is 8.83. The molecule has 102 valence electrons. The Kier molecular flexibility index (Phi) is 3.71. The van der Waals surface area contributed by atoms with Crippen molar-refractivity contribution in [2.24, 2.45) is 5.92 Å². The number of Topliss-reactive ketones (excluding diaryl/α,β-unsaturated/α-hetero) is 1. The van der Waals surface area contributed by atoms with Gasteiger partial charge in [-0.1, -0.05) is 12.8 Å². The average molecular weight is 251 g/mol. The van der Waals surface area contributed by atoms with Crippen LogP contribution in [0.4, 0.5) is 0 Å². The lowest BCUT2D eigenvalue weighted by atomic mass is 9.79. The topological polar surface area (TPSA) is 29.5 Å². The van der Waals surface area contributed by atoms with Crippen molar-refractivity contribution in [1.29, 1.82) is 0 Å². The summed E-state index contributed by atoms with van der Waals surface area (Å²) in [6.07, 6.45) is 9.18. The molecule has 3 aliphatic rings. The van der Waals surface area contributed by atoms with Gasteiger partial charge in [-0.3, -0.25) is 9.69 Å². The van der Waals surface area contributed by atoms with Crippen molar-refractivity contribution in [1.82, 2.24) is 4.90 Å². The van der Waals surface area contributed by atoms with E-state index in [1.807, 2.05) is 0 Å². The predicted molar refractivity (Wildman–Crippen MR) is 70.6 cm³/mol. The number of carbonyl (C=O) groups excluding carboxylic acids is 1. The number of ketones is 1. The van der Waals surface area contributed by atoms with E-state index < -0.39 is 0 Å². The third-order valence-corrected chi connectivity index (χ3v) is 5.19. The Labute approximate surface area is 110 Å². The van der Waals surface area contributed by atoms with Crippen LogP contribution in [0, 0.1) is 5.92 Å². The fourth-order valence-corrected chi connectivity index (χ4v) is 4.16. The fourth-order valence-electron chi connectivity index (χ4n) is 4.16. The van der Waals surface area contributed by atoms with E-state index >= 15 is 0 Å². The molecule has 3 nitrogen and oxygen atoms in total. The maximum absolute atomic E-state index is 13.0. The molecule has 0 spiro atoms. The standard InChI is InChI=1S/C15H25NO2/c17-14(13-5-11-18-12-6-13)15(7-1-2-8-15)16-9-3-4-10-16/h13H,1-12H2. The Morgan fingerprint density at radius 3 is 2.22 bits per heavy atom. The minimum atomic E-state index is -0.0709. The second kappa shape index (κ2) is 5.30. The quantitative estimate of drug-likeness (QED) is 0.771. The summed E-state index contributed by atoms with van der Waals surface area (Å²) < 4.78 is 5.41. The Balaban J connectivity index is 1.77. The number of hydrogen-bond acceptors (Lipinski definition) is 3. The first kappa shape index (κ1) is 12.6. The van der Waals surface area contributed by atoms with Gasteiger partial charge in [-0.15, -0.1) is 0 Å². The van der Waals surface area contributed by atoms with Crippen molar-refractivity contribution in [3.05, 3.63) is 0 Å². The third-order valence-electron chi connectivity index (χ3n) is 5.19. The van der Waals surface area contributed by atoms with E-state index in [1.165, 1.54) is 25.7 Å². The molecule has 0 aromatic rings. The molecule has 0 aromatic carbocycles. The molecule has 1 aliphatic carbocycles. The molecule has 1 saturated carbocycles. The Morgan fingerprint density at radius 1 is 1.00 bits per heavy atom. The summed E-state index contributed by atoms with van der Waals surface area (Å²) >= 11 is 0. The zero-order valence-corrected chi connectivity index (χ0v) is 11.3. The van der Waals surface area contributed by atoms with Crippen molar-refractivity contribution in [2.75, 3.05) is 26.3 Å². The Morgan fingerprint density at radius 2 is 1.61 bits per heavy atom. The van der Waals surface area contributed by atoms with Gasteiger partial charge in [0, 0.05) is 19.1 Å². The molecule has 0 amide bonds. The molecule has 0 radical (unpaired) electrons. The number of nitrogens with zero attached hydrogens (tertiary/aromatic N) is 1. The third kappa shape index (κ3) is 2.12. The van der Waals surface area contributed by atoms with Crippen LogP contribution in [-0.4, -0.2) is 42.5 Å². The van der Waals surface area contributed by atoms with Crippen LogP contribution in [0.15, 0.2) is 0 Å². The number of carbonyl (C=O) groups is 1. The van der Waals surface area contributed by atoms with Crippen LogP contribution >= 0.6 is 0 Å². The molecular weight excluding hydrogens is 226 g/mol. The molecule has 2 saturated heterocycles. The molecule has 3 fully saturated rings. The highest BCUT2D eigenvalue weighted by atomic mass is 16.5. The van der Waals surface area contributed by atoms with Crippen LogP contribution in [-0.2, 0) is 9.53 Å². The molecular formula is C15H25NO2. The first-order valence-electron chi connectivity index (χ1n) is 7.70. The summed E-state index contributed by atoms with van der Waals surface area (Å²) in [5.74, 6) is 0.836. The molecule has 2 aliphatic heterocycles. The maximum atomic E-state index is 13.0. The van der Waals surface area contributed by atoms with Crippen molar-refractivity contribution < 1.29 is 9.53 Å². The largest absolute Gasteiger partial charge is 0.381 e. The van der Waals surface area contributed by atoms with Gasteiger partial charge < -0.3 is 4.74 Å². The van der Waals surface area contributed by atoms with Crippen molar-refractivity contribution in [2.45, 2.75) is 56.9 Å². The molecule has 2 heterocycles. The highest BCUT2D eigenvalue weighted by Gasteiger charge is 2.48. The SMILES string of the molecule is O=C(C1CCOCC1)C1(N2CCCC2)CCCC1. The number of rotatable bonds is 3. The van der Waals surface area contributed by atoms with E-state index in [4.69, 9.17) is 4.74 Å². The van der Waals surface area contributed by atoms with Crippen molar-refractivity contribution in [3.63, 3.8) is 0 Å². The van der Waals surface area contributed by atoms with Gasteiger partial charge in [0.1, 0.15) is 0 Å². The van der Waals surface area contributed by atoms with Gasteiger partial charge in [-0.05, 0) is 51.6 Å². The van der Waals surface area contributed by atoms with Gasteiger partial charge >= 0.3 is 0 Å². The van der Waals surface area contributed by atoms with E-state index in [0.717, 1.165) is 52.0 Å². The zero-order valence-electron chi connectivity index (χ0n) is 11.3. The summed E-state index contributed by atoms with van der Waals surface area (Å²) in [6, 6.07) is 0. The molecule has 3 heteroatoms. The highest BCUT2D eigenvalue weighted by Crippen LogP contribution is 2.41. The lowest BCUT2D eigenvalue weighted by molar-refractivity contribution is -0.137. The second-order valence-corrected chi connectivity index (χ2v) is 6.18.